The van der Waals surface area contributed by atoms with Gasteiger partial charge in [-0.2, -0.15) is 0 Å². The fraction of sp³-hybridized carbons (Fsp3) is 0.429. The molecule has 2 aliphatic rings. The Labute approximate surface area is 164 Å². The minimum Gasteiger partial charge on any atom is -0.392 e. The summed E-state index contributed by atoms with van der Waals surface area (Å²) in [6.07, 6.45) is 12.4. The Morgan fingerprint density at radius 3 is 2.82 bits per heavy atom. The van der Waals surface area contributed by atoms with Crippen LogP contribution in [0, 0.1) is 0 Å². The van der Waals surface area contributed by atoms with Gasteiger partial charge in [-0.25, -0.2) is 0 Å². The van der Waals surface area contributed by atoms with Crippen molar-refractivity contribution in [3.63, 3.8) is 0 Å². The largest absolute Gasteiger partial charge is 0.392 e. The lowest BCUT2D eigenvalue weighted by Crippen LogP contribution is -2.32. The van der Waals surface area contributed by atoms with Crippen molar-refractivity contribution < 1.29 is 4.84 Å². The van der Waals surface area contributed by atoms with Gasteiger partial charge in [0.05, 0.1) is 11.9 Å². The fourth-order valence-corrected chi connectivity index (χ4v) is 3.72. The van der Waals surface area contributed by atoms with Crippen molar-refractivity contribution in [2.75, 3.05) is 13.1 Å². The Bertz CT molecular complexity index is 954. The Balaban J connectivity index is 1.14. The van der Waals surface area contributed by atoms with Crippen LogP contribution in [0.2, 0.25) is 0 Å². The molecule has 0 N–H and O–H groups in total. The molecule has 1 aliphatic carbocycles. The van der Waals surface area contributed by atoms with Crippen molar-refractivity contribution in [2.45, 2.75) is 44.2 Å². The van der Waals surface area contributed by atoms with E-state index in [1.165, 1.54) is 24.0 Å². The number of hydrogen-bond acceptors (Lipinski definition) is 6. The standard InChI is InChI=1S/C21H24N6O/c1-2-19(13-24-28-20-3-4-20)22-12-16(1)14-26-8-5-17(6-9-26)18-7-10-27-15-23-25-21(27)11-18/h1-2,7,10-13,15,17,20H,3-6,8-9,14H2. The number of piperidine rings is 1. The molecule has 5 rings (SSSR count). The monoisotopic (exact) mass is 376 g/mol. The molecule has 7 heteroatoms. The fourth-order valence-electron chi connectivity index (χ4n) is 3.72. The highest BCUT2D eigenvalue weighted by molar-refractivity contribution is 5.76. The van der Waals surface area contributed by atoms with E-state index in [-0.39, 0.29) is 0 Å². The zero-order chi connectivity index (χ0) is 18.8. The Morgan fingerprint density at radius 2 is 2.04 bits per heavy atom. The smallest absolute Gasteiger partial charge is 0.160 e. The van der Waals surface area contributed by atoms with E-state index in [0.717, 1.165) is 43.8 Å². The molecule has 144 valence electrons. The number of aromatic nitrogens is 4. The molecule has 3 aromatic rings. The van der Waals surface area contributed by atoms with Crippen molar-refractivity contribution in [2.24, 2.45) is 5.16 Å². The lowest BCUT2D eigenvalue weighted by Gasteiger charge is -2.32. The molecule has 0 spiro atoms. The minimum absolute atomic E-state index is 0.330. The quantitative estimate of drug-likeness (QED) is 0.489. The average Bonchev–Trinajstić information content (AvgIpc) is 3.44. The molecule has 1 aliphatic heterocycles. The van der Waals surface area contributed by atoms with Gasteiger partial charge >= 0.3 is 0 Å². The van der Waals surface area contributed by atoms with Crippen molar-refractivity contribution in [3.05, 3.63) is 59.8 Å². The zero-order valence-electron chi connectivity index (χ0n) is 15.8. The van der Waals surface area contributed by atoms with Gasteiger partial charge in [0.15, 0.2) is 5.65 Å². The minimum atomic E-state index is 0.330. The molecule has 2 fully saturated rings. The number of pyridine rings is 2. The summed E-state index contributed by atoms with van der Waals surface area (Å²) in [6, 6.07) is 8.52. The van der Waals surface area contributed by atoms with Gasteiger partial charge in [-0.3, -0.25) is 14.3 Å². The number of nitrogens with zero attached hydrogens (tertiary/aromatic N) is 6. The van der Waals surface area contributed by atoms with Gasteiger partial charge in [0.1, 0.15) is 12.4 Å². The predicted octanol–water partition coefficient (Wildman–Crippen LogP) is 3.02. The van der Waals surface area contributed by atoms with Crippen molar-refractivity contribution in [1.29, 1.82) is 0 Å². The first-order chi connectivity index (χ1) is 13.8. The second-order valence-electron chi connectivity index (χ2n) is 7.74. The number of oxime groups is 1. The first kappa shape index (κ1) is 17.3. The zero-order valence-corrected chi connectivity index (χ0v) is 15.8. The van der Waals surface area contributed by atoms with E-state index >= 15 is 0 Å². The van der Waals surface area contributed by atoms with Crippen molar-refractivity contribution in [3.8, 4) is 0 Å². The summed E-state index contributed by atoms with van der Waals surface area (Å²) >= 11 is 0. The van der Waals surface area contributed by atoms with E-state index < -0.39 is 0 Å². The van der Waals surface area contributed by atoms with Crippen LogP contribution < -0.4 is 0 Å². The van der Waals surface area contributed by atoms with Crippen molar-refractivity contribution >= 4 is 11.9 Å². The summed E-state index contributed by atoms with van der Waals surface area (Å²) in [5.74, 6) is 0.598. The highest BCUT2D eigenvalue weighted by atomic mass is 16.6. The Morgan fingerprint density at radius 1 is 1.14 bits per heavy atom. The lowest BCUT2D eigenvalue weighted by molar-refractivity contribution is 0.130. The molecule has 0 unspecified atom stereocenters. The van der Waals surface area contributed by atoms with E-state index in [1.807, 2.05) is 16.7 Å². The second-order valence-corrected chi connectivity index (χ2v) is 7.74. The molecule has 28 heavy (non-hydrogen) atoms. The molecule has 0 aromatic carbocycles. The average molecular weight is 376 g/mol. The van der Waals surface area contributed by atoms with Crippen LogP contribution in [0.3, 0.4) is 0 Å². The SMILES string of the molecule is C(=NOC1CC1)c1ccc(CN2CCC(c3ccn4cnnc4c3)CC2)cn1. The molecular weight excluding hydrogens is 352 g/mol. The number of rotatable bonds is 6. The van der Waals surface area contributed by atoms with Gasteiger partial charge in [0.2, 0.25) is 0 Å². The van der Waals surface area contributed by atoms with E-state index in [2.05, 4.69) is 49.6 Å². The van der Waals surface area contributed by atoms with Gasteiger partial charge in [0, 0.05) is 18.9 Å². The topological polar surface area (TPSA) is 67.9 Å². The van der Waals surface area contributed by atoms with Gasteiger partial charge in [-0.1, -0.05) is 11.2 Å². The highest BCUT2D eigenvalue weighted by Gasteiger charge is 2.23. The maximum Gasteiger partial charge on any atom is 0.160 e. The molecule has 0 atom stereocenters. The van der Waals surface area contributed by atoms with Crippen LogP contribution in [-0.4, -0.2) is 49.9 Å². The number of likely N-dealkylation sites (tertiary alicyclic amines) is 1. The molecular formula is C21H24N6O. The molecule has 1 saturated carbocycles. The summed E-state index contributed by atoms with van der Waals surface area (Å²) < 4.78 is 1.96. The Kier molecular flexibility index (Phi) is 4.74. The second kappa shape index (κ2) is 7.67. The van der Waals surface area contributed by atoms with E-state index in [1.54, 1.807) is 12.5 Å². The highest BCUT2D eigenvalue weighted by Crippen LogP contribution is 2.29. The van der Waals surface area contributed by atoms with E-state index in [0.29, 0.717) is 12.0 Å². The molecule has 0 radical (unpaired) electrons. The summed E-state index contributed by atoms with van der Waals surface area (Å²) in [5, 5.41) is 12.1. The Hall–Kier alpha value is -2.80. The summed E-state index contributed by atoms with van der Waals surface area (Å²) in [6.45, 7) is 3.14. The third kappa shape index (κ3) is 4.04. The molecule has 0 amide bonds. The molecule has 3 aromatic heterocycles. The van der Waals surface area contributed by atoms with Gasteiger partial charge in [0.25, 0.3) is 0 Å². The summed E-state index contributed by atoms with van der Waals surface area (Å²) in [4.78, 5) is 12.3. The number of fused-ring (bicyclic) bond motifs is 1. The molecule has 4 heterocycles. The first-order valence-electron chi connectivity index (χ1n) is 9.99. The third-order valence-electron chi connectivity index (χ3n) is 5.56. The van der Waals surface area contributed by atoms with Gasteiger partial charge in [-0.05, 0) is 74.0 Å². The van der Waals surface area contributed by atoms with E-state index in [4.69, 9.17) is 4.84 Å². The maximum atomic E-state index is 5.29. The lowest BCUT2D eigenvalue weighted by atomic mass is 9.90. The van der Waals surface area contributed by atoms with E-state index in [9.17, 15) is 0 Å². The van der Waals surface area contributed by atoms with Crippen molar-refractivity contribution in [1.82, 2.24) is 24.5 Å². The normalized spacial score (nSPS) is 18.9. The maximum absolute atomic E-state index is 5.29. The molecule has 0 bridgehead atoms. The summed E-state index contributed by atoms with van der Waals surface area (Å²) in [5.41, 5.74) is 4.38. The van der Waals surface area contributed by atoms with Crippen LogP contribution >= 0.6 is 0 Å². The predicted molar refractivity (Wildman–Crippen MR) is 106 cm³/mol. The van der Waals surface area contributed by atoms with Crippen LogP contribution in [0.5, 0.6) is 0 Å². The third-order valence-corrected chi connectivity index (χ3v) is 5.56. The molecule has 1 saturated heterocycles. The number of hydrogen-bond donors (Lipinski definition) is 0. The van der Waals surface area contributed by atoms with Crippen LogP contribution in [0.15, 0.2) is 48.1 Å². The summed E-state index contributed by atoms with van der Waals surface area (Å²) in [7, 11) is 0. The van der Waals surface area contributed by atoms with Crippen LogP contribution in [0.4, 0.5) is 0 Å². The van der Waals surface area contributed by atoms with Crippen LogP contribution in [-0.2, 0) is 11.4 Å². The van der Waals surface area contributed by atoms with Gasteiger partial charge in [-0.15, -0.1) is 10.2 Å². The van der Waals surface area contributed by atoms with Crippen LogP contribution in [0.1, 0.15) is 48.4 Å². The van der Waals surface area contributed by atoms with Crippen LogP contribution in [0.25, 0.3) is 5.65 Å². The molecule has 7 nitrogen and oxygen atoms in total. The first-order valence-corrected chi connectivity index (χ1v) is 9.99. The van der Waals surface area contributed by atoms with Gasteiger partial charge < -0.3 is 4.84 Å².